The summed E-state index contributed by atoms with van der Waals surface area (Å²) in [5, 5.41) is 9.03. The van der Waals surface area contributed by atoms with E-state index in [1.54, 1.807) is 18.3 Å². The molecule has 0 saturated heterocycles. The van der Waals surface area contributed by atoms with Crippen LogP contribution in [0.4, 0.5) is 0 Å². The van der Waals surface area contributed by atoms with Crippen LogP contribution in [0.15, 0.2) is 53.6 Å². The highest BCUT2D eigenvalue weighted by molar-refractivity contribution is 7.89. The van der Waals surface area contributed by atoms with E-state index in [1.165, 1.54) is 12.1 Å². The van der Waals surface area contributed by atoms with Crippen molar-refractivity contribution in [1.29, 1.82) is 0 Å². The Labute approximate surface area is 118 Å². The summed E-state index contributed by atoms with van der Waals surface area (Å²) in [5.74, 6) is 0. The van der Waals surface area contributed by atoms with Crippen LogP contribution in [0, 0.1) is 0 Å². The van der Waals surface area contributed by atoms with E-state index in [9.17, 15) is 8.42 Å². The van der Waals surface area contributed by atoms with E-state index in [4.69, 9.17) is 5.11 Å². The first-order chi connectivity index (χ1) is 9.62. The first-order valence-corrected chi connectivity index (χ1v) is 7.69. The predicted octanol–water partition coefficient (Wildman–Crippen LogP) is 1.09. The zero-order valence-electron chi connectivity index (χ0n) is 10.9. The molecule has 0 aliphatic heterocycles. The van der Waals surface area contributed by atoms with E-state index in [0.29, 0.717) is 12.0 Å². The molecular formula is C14H16N2O3S. The lowest BCUT2D eigenvalue weighted by atomic mass is 10.2. The quantitative estimate of drug-likeness (QED) is 0.835. The molecule has 5 nitrogen and oxygen atoms in total. The molecule has 20 heavy (non-hydrogen) atoms. The van der Waals surface area contributed by atoms with Crippen molar-refractivity contribution in [2.24, 2.45) is 0 Å². The lowest BCUT2D eigenvalue weighted by Crippen LogP contribution is -2.26. The van der Waals surface area contributed by atoms with E-state index < -0.39 is 10.0 Å². The van der Waals surface area contributed by atoms with Gasteiger partial charge in [-0.15, -0.1) is 0 Å². The second-order valence-corrected chi connectivity index (χ2v) is 6.04. The van der Waals surface area contributed by atoms with Crippen LogP contribution in [0.2, 0.25) is 0 Å². The van der Waals surface area contributed by atoms with Crippen LogP contribution in [-0.2, 0) is 23.1 Å². The second kappa shape index (κ2) is 6.60. The van der Waals surface area contributed by atoms with Gasteiger partial charge in [0, 0.05) is 24.9 Å². The summed E-state index contributed by atoms with van der Waals surface area (Å²) in [6.07, 6.45) is 2.20. The van der Waals surface area contributed by atoms with Crippen molar-refractivity contribution in [3.05, 3.63) is 59.9 Å². The maximum absolute atomic E-state index is 12.1. The lowest BCUT2D eigenvalue weighted by molar-refractivity contribution is 0.281. The van der Waals surface area contributed by atoms with Crippen LogP contribution < -0.4 is 4.72 Å². The topological polar surface area (TPSA) is 79.3 Å². The minimum Gasteiger partial charge on any atom is -0.392 e. The smallest absolute Gasteiger partial charge is 0.240 e. The fourth-order valence-electron chi connectivity index (χ4n) is 1.75. The fourth-order valence-corrected chi connectivity index (χ4v) is 2.86. The third-order valence-corrected chi connectivity index (χ3v) is 4.25. The van der Waals surface area contributed by atoms with Crippen LogP contribution in [0.25, 0.3) is 0 Å². The Morgan fingerprint density at radius 2 is 2.00 bits per heavy atom. The molecule has 0 fully saturated rings. The number of rotatable bonds is 6. The largest absolute Gasteiger partial charge is 0.392 e. The van der Waals surface area contributed by atoms with Gasteiger partial charge in [-0.1, -0.05) is 18.2 Å². The van der Waals surface area contributed by atoms with E-state index in [1.807, 2.05) is 18.2 Å². The van der Waals surface area contributed by atoms with Crippen LogP contribution >= 0.6 is 0 Å². The van der Waals surface area contributed by atoms with Gasteiger partial charge in [-0.25, -0.2) is 13.1 Å². The first kappa shape index (κ1) is 14.6. The van der Waals surface area contributed by atoms with Crippen molar-refractivity contribution < 1.29 is 13.5 Å². The summed E-state index contributed by atoms with van der Waals surface area (Å²) in [6, 6.07) is 11.8. The van der Waals surface area contributed by atoms with Crippen LogP contribution in [-0.4, -0.2) is 25.1 Å². The fraction of sp³-hybridized carbons (Fsp3) is 0.214. The summed E-state index contributed by atoms with van der Waals surface area (Å²) in [6.45, 7) is 0.0972. The molecule has 1 aromatic heterocycles. The van der Waals surface area contributed by atoms with Gasteiger partial charge in [0.2, 0.25) is 10.0 Å². The molecule has 0 spiro atoms. The third kappa shape index (κ3) is 3.86. The van der Waals surface area contributed by atoms with Gasteiger partial charge in [-0.05, 0) is 29.8 Å². The highest BCUT2D eigenvalue weighted by Gasteiger charge is 2.13. The highest BCUT2D eigenvalue weighted by atomic mass is 32.2. The van der Waals surface area contributed by atoms with Crippen LogP contribution in [0.1, 0.15) is 11.3 Å². The van der Waals surface area contributed by atoms with Gasteiger partial charge < -0.3 is 5.11 Å². The number of aromatic nitrogens is 1. The minimum atomic E-state index is -3.55. The molecule has 0 aliphatic carbocycles. The summed E-state index contributed by atoms with van der Waals surface area (Å²) in [7, 11) is -3.55. The average molecular weight is 292 g/mol. The van der Waals surface area contributed by atoms with Gasteiger partial charge in [0.15, 0.2) is 0 Å². The van der Waals surface area contributed by atoms with E-state index >= 15 is 0 Å². The number of hydrogen-bond donors (Lipinski definition) is 2. The van der Waals surface area contributed by atoms with E-state index in [-0.39, 0.29) is 18.0 Å². The molecule has 1 heterocycles. The number of sulfonamides is 1. The Kier molecular flexibility index (Phi) is 4.84. The predicted molar refractivity (Wildman–Crippen MR) is 75.5 cm³/mol. The Hall–Kier alpha value is -1.76. The monoisotopic (exact) mass is 292 g/mol. The van der Waals surface area contributed by atoms with Gasteiger partial charge >= 0.3 is 0 Å². The molecule has 6 heteroatoms. The van der Waals surface area contributed by atoms with Crippen molar-refractivity contribution in [2.45, 2.75) is 17.9 Å². The lowest BCUT2D eigenvalue weighted by Gasteiger charge is -2.07. The van der Waals surface area contributed by atoms with Crippen LogP contribution in [0.5, 0.6) is 0 Å². The number of pyridine rings is 1. The molecule has 0 bridgehead atoms. The van der Waals surface area contributed by atoms with Crippen molar-refractivity contribution in [1.82, 2.24) is 9.71 Å². The normalized spacial score (nSPS) is 11.4. The molecule has 0 unspecified atom stereocenters. The summed E-state index contributed by atoms with van der Waals surface area (Å²) < 4.78 is 26.7. The van der Waals surface area contributed by atoms with Gasteiger partial charge in [0.25, 0.3) is 0 Å². The van der Waals surface area contributed by atoms with Crippen molar-refractivity contribution in [2.75, 3.05) is 6.54 Å². The molecular weight excluding hydrogens is 276 g/mol. The van der Waals surface area contributed by atoms with Gasteiger partial charge in [0.1, 0.15) is 0 Å². The van der Waals surface area contributed by atoms with Crippen LogP contribution in [0.3, 0.4) is 0 Å². The highest BCUT2D eigenvalue weighted by Crippen LogP contribution is 2.11. The zero-order chi connectivity index (χ0) is 14.4. The molecule has 0 radical (unpaired) electrons. The molecule has 106 valence electrons. The zero-order valence-corrected chi connectivity index (χ0v) is 11.7. The SMILES string of the molecule is O=S(=O)(NCCc1ccccn1)c1cccc(CO)c1. The number of aliphatic hydroxyl groups excluding tert-OH is 1. The Balaban J connectivity index is 2.00. The molecule has 0 amide bonds. The summed E-state index contributed by atoms with van der Waals surface area (Å²) in [5.41, 5.74) is 1.40. The van der Waals surface area contributed by atoms with Gasteiger partial charge in [-0.2, -0.15) is 0 Å². The van der Waals surface area contributed by atoms with E-state index in [0.717, 1.165) is 5.69 Å². The maximum atomic E-state index is 12.1. The standard InChI is InChI=1S/C14H16N2O3S/c17-11-12-4-3-6-14(10-12)20(18,19)16-9-7-13-5-1-2-8-15-13/h1-6,8,10,16-17H,7,9,11H2. The Morgan fingerprint density at radius 1 is 1.15 bits per heavy atom. The molecule has 2 rings (SSSR count). The molecule has 0 saturated carbocycles. The molecule has 0 aliphatic rings. The second-order valence-electron chi connectivity index (χ2n) is 4.27. The minimum absolute atomic E-state index is 0.157. The first-order valence-electron chi connectivity index (χ1n) is 6.21. The Morgan fingerprint density at radius 3 is 2.70 bits per heavy atom. The number of hydrogen-bond acceptors (Lipinski definition) is 4. The molecule has 1 aromatic carbocycles. The number of nitrogens with zero attached hydrogens (tertiary/aromatic N) is 1. The number of nitrogens with one attached hydrogen (secondary N) is 1. The van der Waals surface area contributed by atoms with Crippen molar-refractivity contribution >= 4 is 10.0 Å². The molecule has 2 N–H and O–H groups in total. The van der Waals surface area contributed by atoms with Gasteiger partial charge in [0.05, 0.1) is 11.5 Å². The number of aliphatic hydroxyl groups is 1. The van der Waals surface area contributed by atoms with Gasteiger partial charge in [-0.3, -0.25) is 4.98 Å². The third-order valence-electron chi connectivity index (χ3n) is 2.79. The summed E-state index contributed by atoms with van der Waals surface area (Å²) >= 11 is 0. The van der Waals surface area contributed by atoms with Crippen molar-refractivity contribution in [3.8, 4) is 0 Å². The van der Waals surface area contributed by atoms with E-state index in [2.05, 4.69) is 9.71 Å². The summed E-state index contributed by atoms with van der Waals surface area (Å²) in [4.78, 5) is 4.29. The average Bonchev–Trinajstić information content (AvgIpc) is 2.48. The number of benzene rings is 1. The molecule has 0 atom stereocenters. The Bertz CT molecular complexity index is 657. The maximum Gasteiger partial charge on any atom is 0.240 e. The van der Waals surface area contributed by atoms with Crippen molar-refractivity contribution in [3.63, 3.8) is 0 Å². The molecule has 2 aromatic rings.